The van der Waals surface area contributed by atoms with Crippen molar-refractivity contribution in [1.29, 1.82) is 0 Å². The SMILES string of the molecule is CCCCCCCCC=CCCCCCCC(O)C=O. The molecule has 1 N–H and O–H groups in total. The molecule has 0 bridgehead atoms. The van der Waals surface area contributed by atoms with Crippen LogP contribution in [-0.4, -0.2) is 17.5 Å². The number of hydrogen-bond donors (Lipinski definition) is 1. The molecule has 0 fully saturated rings. The minimum Gasteiger partial charge on any atom is -0.386 e. The summed E-state index contributed by atoms with van der Waals surface area (Å²) in [6.07, 6.45) is 20.3. The number of rotatable bonds is 15. The molecule has 0 aliphatic heterocycles. The molecule has 0 aliphatic carbocycles. The van der Waals surface area contributed by atoms with Crippen molar-refractivity contribution in [2.75, 3.05) is 0 Å². The summed E-state index contributed by atoms with van der Waals surface area (Å²) in [4.78, 5) is 10.2. The third-order valence-electron chi connectivity index (χ3n) is 3.67. The monoisotopic (exact) mass is 282 g/mol. The van der Waals surface area contributed by atoms with Crippen LogP contribution in [0.15, 0.2) is 12.2 Å². The lowest BCUT2D eigenvalue weighted by Crippen LogP contribution is -2.06. The zero-order valence-electron chi connectivity index (χ0n) is 13.4. The average Bonchev–Trinajstić information content (AvgIpc) is 2.47. The number of aliphatic hydroxyl groups excluding tert-OH is 1. The Morgan fingerprint density at radius 1 is 0.800 bits per heavy atom. The van der Waals surface area contributed by atoms with Gasteiger partial charge in [0, 0.05) is 0 Å². The Hall–Kier alpha value is -0.630. The third kappa shape index (κ3) is 15.4. The number of aliphatic hydroxyl groups is 1. The molecule has 0 aromatic heterocycles. The fraction of sp³-hybridized carbons (Fsp3) is 0.833. The van der Waals surface area contributed by atoms with Gasteiger partial charge in [0.05, 0.1) is 0 Å². The summed E-state index contributed by atoms with van der Waals surface area (Å²) in [6, 6.07) is 0. The van der Waals surface area contributed by atoms with Crippen LogP contribution in [0.4, 0.5) is 0 Å². The Kier molecular flexibility index (Phi) is 15.9. The molecule has 118 valence electrons. The maximum atomic E-state index is 10.2. The second-order valence-electron chi connectivity index (χ2n) is 5.72. The van der Waals surface area contributed by atoms with E-state index >= 15 is 0 Å². The van der Waals surface area contributed by atoms with Crippen LogP contribution in [0.2, 0.25) is 0 Å². The molecule has 2 nitrogen and oxygen atoms in total. The smallest absolute Gasteiger partial charge is 0.148 e. The second kappa shape index (κ2) is 16.4. The Morgan fingerprint density at radius 2 is 1.30 bits per heavy atom. The van der Waals surface area contributed by atoms with Crippen molar-refractivity contribution < 1.29 is 9.90 Å². The van der Waals surface area contributed by atoms with Crippen LogP contribution in [0.3, 0.4) is 0 Å². The van der Waals surface area contributed by atoms with Gasteiger partial charge in [0.15, 0.2) is 0 Å². The molecule has 0 aliphatic rings. The van der Waals surface area contributed by atoms with Crippen molar-refractivity contribution in [2.45, 2.75) is 96.5 Å². The van der Waals surface area contributed by atoms with E-state index in [4.69, 9.17) is 5.11 Å². The largest absolute Gasteiger partial charge is 0.386 e. The van der Waals surface area contributed by atoms with Crippen LogP contribution in [0.5, 0.6) is 0 Å². The summed E-state index contributed by atoms with van der Waals surface area (Å²) < 4.78 is 0. The highest BCUT2D eigenvalue weighted by Gasteiger charge is 1.99. The van der Waals surface area contributed by atoms with Crippen molar-refractivity contribution in [1.82, 2.24) is 0 Å². The minimum atomic E-state index is -0.743. The first-order chi connectivity index (χ1) is 9.81. The number of hydrogen-bond acceptors (Lipinski definition) is 2. The van der Waals surface area contributed by atoms with Gasteiger partial charge in [-0.3, -0.25) is 0 Å². The summed E-state index contributed by atoms with van der Waals surface area (Å²) in [5.41, 5.74) is 0. The van der Waals surface area contributed by atoms with Crippen LogP contribution in [0.1, 0.15) is 90.4 Å². The van der Waals surface area contributed by atoms with Gasteiger partial charge in [-0.25, -0.2) is 0 Å². The van der Waals surface area contributed by atoms with Crippen molar-refractivity contribution in [3.8, 4) is 0 Å². The number of carbonyl (C=O) groups is 1. The van der Waals surface area contributed by atoms with E-state index in [0.29, 0.717) is 12.7 Å². The van der Waals surface area contributed by atoms with Gasteiger partial charge in [0.2, 0.25) is 0 Å². The van der Waals surface area contributed by atoms with Gasteiger partial charge in [-0.15, -0.1) is 0 Å². The van der Waals surface area contributed by atoms with Gasteiger partial charge in [-0.1, -0.05) is 70.4 Å². The van der Waals surface area contributed by atoms with Gasteiger partial charge >= 0.3 is 0 Å². The van der Waals surface area contributed by atoms with Gasteiger partial charge in [-0.05, 0) is 32.1 Å². The maximum Gasteiger partial charge on any atom is 0.148 e. The van der Waals surface area contributed by atoms with Crippen molar-refractivity contribution in [3.63, 3.8) is 0 Å². The van der Waals surface area contributed by atoms with Gasteiger partial charge in [-0.2, -0.15) is 0 Å². The number of carbonyl (C=O) groups excluding carboxylic acids is 1. The molecule has 0 radical (unpaired) electrons. The van der Waals surface area contributed by atoms with E-state index in [1.807, 2.05) is 0 Å². The van der Waals surface area contributed by atoms with E-state index in [9.17, 15) is 4.79 Å². The highest BCUT2D eigenvalue weighted by Crippen LogP contribution is 2.09. The number of unbranched alkanes of at least 4 members (excludes halogenated alkanes) is 10. The lowest BCUT2D eigenvalue weighted by molar-refractivity contribution is -0.115. The summed E-state index contributed by atoms with van der Waals surface area (Å²) in [6.45, 7) is 2.26. The van der Waals surface area contributed by atoms with E-state index < -0.39 is 6.10 Å². The molecular formula is C18H34O2. The molecule has 0 spiro atoms. The number of aldehydes is 1. The summed E-state index contributed by atoms with van der Waals surface area (Å²) in [7, 11) is 0. The summed E-state index contributed by atoms with van der Waals surface area (Å²) in [5.74, 6) is 0. The first-order valence-electron chi connectivity index (χ1n) is 8.59. The van der Waals surface area contributed by atoms with Crippen molar-refractivity contribution in [3.05, 3.63) is 12.2 Å². The Bertz CT molecular complexity index is 223. The van der Waals surface area contributed by atoms with Crippen LogP contribution < -0.4 is 0 Å². The average molecular weight is 282 g/mol. The minimum absolute atomic E-state index is 0.622. The topological polar surface area (TPSA) is 37.3 Å². The lowest BCUT2D eigenvalue weighted by Gasteiger charge is -2.02. The van der Waals surface area contributed by atoms with E-state index in [0.717, 1.165) is 12.8 Å². The fourth-order valence-electron chi connectivity index (χ4n) is 2.32. The molecule has 2 heteroatoms. The molecule has 1 atom stereocenters. The first kappa shape index (κ1) is 19.4. The van der Waals surface area contributed by atoms with E-state index in [1.54, 1.807) is 0 Å². The molecule has 0 aromatic rings. The van der Waals surface area contributed by atoms with Gasteiger partial charge in [0.1, 0.15) is 12.4 Å². The third-order valence-corrected chi connectivity index (χ3v) is 3.67. The van der Waals surface area contributed by atoms with Crippen molar-refractivity contribution >= 4 is 6.29 Å². The predicted octanol–water partition coefficient (Wildman–Crippen LogP) is 5.19. The summed E-state index contributed by atoms with van der Waals surface area (Å²) in [5, 5.41) is 9.07. The van der Waals surface area contributed by atoms with Gasteiger partial charge in [0.25, 0.3) is 0 Å². The number of allylic oxidation sites excluding steroid dienone is 2. The Balaban J connectivity index is 3.10. The molecule has 0 amide bonds. The zero-order chi connectivity index (χ0) is 14.9. The normalized spacial score (nSPS) is 12.9. The van der Waals surface area contributed by atoms with Crippen LogP contribution >= 0.6 is 0 Å². The van der Waals surface area contributed by atoms with Crippen LogP contribution in [0, 0.1) is 0 Å². The van der Waals surface area contributed by atoms with Crippen molar-refractivity contribution in [2.24, 2.45) is 0 Å². The van der Waals surface area contributed by atoms with Crippen LogP contribution in [-0.2, 0) is 4.79 Å². The molecule has 20 heavy (non-hydrogen) atoms. The standard InChI is InChI=1S/C18H34O2/c1-2-3-4-5-6-7-8-9-10-11-12-13-14-15-16-18(20)17-19/h9-10,17-18,20H,2-8,11-16H2,1H3. The second-order valence-corrected chi connectivity index (χ2v) is 5.72. The molecule has 1 unspecified atom stereocenters. The molecular weight excluding hydrogens is 248 g/mol. The quantitative estimate of drug-likeness (QED) is 0.255. The molecule has 0 saturated carbocycles. The van der Waals surface area contributed by atoms with E-state index in [-0.39, 0.29) is 0 Å². The molecule has 0 heterocycles. The fourth-order valence-corrected chi connectivity index (χ4v) is 2.32. The Labute approximate surface area is 125 Å². The molecule has 0 aromatic carbocycles. The first-order valence-corrected chi connectivity index (χ1v) is 8.59. The van der Waals surface area contributed by atoms with E-state index in [1.165, 1.54) is 64.2 Å². The predicted molar refractivity (Wildman–Crippen MR) is 86.9 cm³/mol. The molecule has 0 saturated heterocycles. The van der Waals surface area contributed by atoms with Gasteiger partial charge < -0.3 is 9.90 Å². The maximum absolute atomic E-state index is 10.2. The zero-order valence-corrected chi connectivity index (χ0v) is 13.4. The molecule has 0 rings (SSSR count). The lowest BCUT2D eigenvalue weighted by atomic mass is 10.1. The van der Waals surface area contributed by atoms with E-state index in [2.05, 4.69) is 19.1 Å². The highest BCUT2D eigenvalue weighted by molar-refractivity contribution is 5.55. The van der Waals surface area contributed by atoms with Crippen LogP contribution in [0.25, 0.3) is 0 Å². The summed E-state index contributed by atoms with van der Waals surface area (Å²) >= 11 is 0. The Morgan fingerprint density at radius 3 is 1.85 bits per heavy atom. The highest BCUT2D eigenvalue weighted by atomic mass is 16.3.